The van der Waals surface area contributed by atoms with Crippen LogP contribution >= 0.6 is 34.8 Å². The van der Waals surface area contributed by atoms with E-state index in [1.807, 2.05) is 20.8 Å². The van der Waals surface area contributed by atoms with E-state index >= 15 is 0 Å². The van der Waals surface area contributed by atoms with Gasteiger partial charge in [0, 0.05) is 16.5 Å². The number of rotatable bonds is 9. The van der Waals surface area contributed by atoms with Gasteiger partial charge < -0.3 is 15.8 Å². The van der Waals surface area contributed by atoms with Crippen molar-refractivity contribution in [1.29, 1.82) is 0 Å². The normalized spacial score (nSPS) is 12.5. The first kappa shape index (κ1) is 22.3. The lowest BCUT2D eigenvalue weighted by atomic mass is 10.1. The Morgan fingerprint density at radius 3 is 2.52 bits per heavy atom. The number of ether oxygens (including phenoxy) is 1. The molecule has 1 aromatic rings. The fraction of sp³-hybridized carbons (Fsp3) is 0.579. The van der Waals surface area contributed by atoms with Gasteiger partial charge in [0.05, 0.1) is 4.99 Å². The molecule has 6 heteroatoms. The van der Waals surface area contributed by atoms with Crippen molar-refractivity contribution in [3.63, 3.8) is 0 Å². The molecular formula is C19H29IN2O2S. The molecular weight excluding hydrogens is 447 g/mol. The molecule has 25 heavy (non-hydrogen) atoms. The first-order valence-electron chi connectivity index (χ1n) is 8.67. The Bertz CT molecular complexity index is 556. The molecule has 3 N–H and O–H groups in total. The standard InChI is InChI=1S/C19H29IN2O2S/c1-19(2,3)24-18(23)16(21)6-4-5-13-22-17(25)12-9-14-7-10-15(20)11-8-14/h7-8,10-11,16H,4-6,9,12-13,21H2,1-3H3,(H,22,25)/t16-/m0/s1. The fourth-order valence-electron chi connectivity index (χ4n) is 2.21. The average Bonchev–Trinajstić information content (AvgIpc) is 2.52. The van der Waals surface area contributed by atoms with Crippen molar-refractivity contribution in [2.75, 3.05) is 6.54 Å². The molecule has 1 rings (SSSR count). The minimum atomic E-state index is -0.549. The average molecular weight is 476 g/mol. The maximum absolute atomic E-state index is 11.8. The Morgan fingerprint density at radius 1 is 1.28 bits per heavy atom. The Kier molecular flexibility index (Phi) is 9.89. The van der Waals surface area contributed by atoms with E-state index in [1.54, 1.807) is 0 Å². The van der Waals surface area contributed by atoms with E-state index in [4.69, 9.17) is 22.7 Å². The zero-order valence-electron chi connectivity index (χ0n) is 15.3. The van der Waals surface area contributed by atoms with Crippen LogP contribution in [0.4, 0.5) is 0 Å². The Balaban J connectivity index is 2.11. The zero-order valence-corrected chi connectivity index (χ0v) is 18.3. The molecule has 4 nitrogen and oxygen atoms in total. The highest BCUT2D eigenvalue weighted by Crippen LogP contribution is 2.11. The fourth-order valence-corrected chi connectivity index (χ4v) is 2.77. The quantitative estimate of drug-likeness (QED) is 0.244. The van der Waals surface area contributed by atoms with Crippen molar-refractivity contribution in [2.24, 2.45) is 5.73 Å². The third-order valence-electron chi connectivity index (χ3n) is 3.53. The predicted octanol–water partition coefficient (Wildman–Crippen LogP) is 3.98. The molecule has 0 heterocycles. The predicted molar refractivity (Wildman–Crippen MR) is 116 cm³/mol. The Hall–Kier alpha value is -0.730. The van der Waals surface area contributed by atoms with Crippen LogP contribution in [0.1, 0.15) is 52.0 Å². The smallest absolute Gasteiger partial charge is 0.323 e. The van der Waals surface area contributed by atoms with Crippen molar-refractivity contribution in [2.45, 2.75) is 64.5 Å². The van der Waals surface area contributed by atoms with E-state index in [2.05, 4.69) is 52.2 Å². The third kappa shape index (κ3) is 10.8. The summed E-state index contributed by atoms with van der Waals surface area (Å²) in [5.41, 5.74) is 6.68. The largest absolute Gasteiger partial charge is 0.459 e. The summed E-state index contributed by atoms with van der Waals surface area (Å²) in [6.07, 6.45) is 4.24. The van der Waals surface area contributed by atoms with Crippen LogP contribution in [0.2, 0.25) is 0 Å². The molecule has 0 spiro atoms. The van der Waals surface area contributed by atoms with Crippen molar-refractivity contribution >= 4 is 45.8 Å². The van der Waals surface area contributed by atoms with Crippen LogP contribution in [0.5, 0.6) is 0 Å². The number of carbonyl (C=O) groups is 1. The number of halogens is 1. The number of nitrogens with two attached hydrogens (primary N) is 1. The lowest BCUT2D eigenvalue weighted by Crippen LogP contribution is -2.37. The third-order valence-corrected chi connectivity index (χ3v) is 4.60. The summed E-state index contributed by atoms with van der Waals surface area (Å²) in [7, 11) is 0. The number of benzene rings is 1. The van der Waals surface area contributed by atoms with Gasteiger partial charge in [0.1, 0.15) is 11.6 Å². The van der Waals surface area contributed by atoms with E-state index < -0.39 is 11.6 Å². The number of nitrogens with one attached hydrogen (secondary N) is 1. The van der Waals surface area contributed by atoms with Crippen LogP contribution < -0.4 is 11.1 Å². The molecule has 0 aliphatic heterocycles. The van der Waals surface area contributed by atoms with Crippen LogP contribution in [-0.2, 0) is 16.0 Å². The highest BCUT2D eigenvalue weighted by Gasteiger charge is 2.21. The SMILES string of the molecule is CC(C)(C)OC(=O)[C@@H](N)CCCCNC(=S)CCc1ccc(I)cc1. The summed E-state index contributed by atoms with van der Waals surface area (Å²) >= 11 is 7.67. The summed E-state index contributed by atoms with van der Waals surface area (Å²) < 4.78 is 6.52. The van der Waals surface area contributed by atoms with Gasteiger partial charge in [0.2, 0.25) is 0 Å². The molecule has 0 aliphatic rings. The minimum absolute atomic E-state index is 0.325. The zero-order chi connectivity index (χ0) is 18.9. The van der Waals surface area contributed by atoms with E-state index in [-0.39, 0.29) is 5.97 Å². The van der Waals surface area contributed by atoms with E-state index in [1.165, 1.54) is 9.13 Å². The summed E-state index contributed by atoms with van der Waals surface area (Å²) in [6, 6.07) is 7.96. The first-order valence-corrected chi connectivity index (χ1v) is 10.2. The second kappa shape index (κ2) is 11.1. The number of aryl methyl sites for hydroxylation is 1. The van der Waals surface area contributed by atoms with Crippen LogP contribution in [0, 0.1) is 3.57 Å². The lowest BCUT2D eigenvalue weighted by Gasteiger charge is -2.22. The summed E-state index contributed by atoms with van der Waals surface area (Å²) in [6.45, 7) is 6.35. The van der Waals surface area contributed by atoms with Crippen LogP contribution in [0.3, 0.4) is 0 Å². The van der Waals surface area contributed by atoms with Gasteiger partial charge in [0.15, 0.2) is 0 Å². The van der Waals surface area contributed by atoms with Gasteiger partial charge in [0.25, 0.3) is 0 Å². The van der Waals surface area contributed by atoms with Crippen molar-refractivity contribution in [1.82, 2.24) is 5.32 Å². The van der Waals surface area contributed by atoms with Gasteiger partial charge in [-0.1, -0.05) is 24.4 Å². The van der Waals surface area contributed by atoms with Crippen LogP contribution in [-0.4, -0.2) is 29.1 Å². The molecule has 0 aromatic heterocycles. The maximum Gasteiger partial charge on any atom is 0.323 e. The topological polar surface area (TPSA) is 64.3 Å². The van der Waals surface area contributed by atoms with Crippen LogP contribution in [0.15, 0.2) is 24.3 Å². The molecule has 0 saturated carbocycles. The van der Waals surface area contributed by atoms with Crippen LogP contribution in [0.25, 0.3) is 0 Å². The molecule has 140 valence electrons. The molecule has 0 amide bonds. The Morgan fingerprint density at radius 2 is 1.92 bits per heavy atom. The van der Waals surface area contributed by atoms with Gasteiger partial charge in [-0.15, -0.1) is 0 Å². The highest BCUT2D eigenvalue weighted by atomic mass is 127. The monoisotopic (exact) mass is 476 g/mol. The highest BCUT2D eigenvalue weighted by molar-refractivity contribution is 14.1. The number of unbranched alkanes of at least 4 members (excludes halogenated alkanes) is 1. The van der Waals surface area contributed by atoms with Crippen molar-refractivity contribution < 1.29 is 9.53 Å². The number of hydrogen-bond acceptors (Lipinski definition) is 4. The summed E-state index contributed by atoms with van der Waals surface area (Å²) in [5.74, 6) is -0.325. The molecule has 0 aliphatic carbocycles. The molecule has 0 unspecified atom stereocenters. The first-order chi connectivity index (χ1) is 11.7. The van der Waals surface area contributed by atoms with E-state index in [0.29, 0.717) is 6.42 Å². The molecule has 0 bridgehead atoms. The Labute approximate surface area is 170 Å². The van der Waals surface area contributed by atoms with E-state index in [9.17, 15) is 4.79 Å². The van der Waals surface area contributed by atoms with Gasteiger partial charge in [-0.25, -0.2) is 0 Å². The summed E-state index contributed by atoms with van der Waals surface area (Å²) in [4.78, 5) is 12.7. The molecule has 0 radical (unpaired) electrons. The van der Waals surface area contributed by atoms with Crippen molar-refractivity contribution in [3.05, 3.63) is 33.4 Å². The van der Waals surface area contributed by atoms with Gasteiger partial charge >= 0.3 is 5.97 Å². The minimum Gasteiger partial charge on any atom is -0.459 e. The second-order valence-electron chi connectivity index (χ2n) is 7.11. The number of esters is 1. The summed E-state index contributed by atoms with van der Waals surface area (Å²) in [5, 5.41) is 3.28. The number of thiocarbonyl (C=S) groups is 1. The van der Waals surface area contributed by atoms with Gasteiger partial charge in [-0.05, 0) is 86.7 Å². The second-order valence-corrected chi connectivity index (χ2v) is 8.85. The molecule has 0 fully saturated rings. The van der Waals surface area contributed by atoms with Gasteiger partial charge in [-0.2, -0.15) is 0 Å². The lowest BCUT2D eigenvalue weighted by molar-refractivity contribution is -0.156. The van der Waals surface area contributed by atoms with Crippen molar-refractivity contribution in [3.8, 4) is 0 Å². The van der Waals surface area contributed by atoms with E-state index in [0.717, 1.165) is 37.2 Å². The maximum atomic E-state index is 11.8. The van der Waals surface area contributed by atoms with Gasteiger partial charge in [-0.3, -0.25) is 4.79 Å². The molecule has 1 atom stereocenters. The number of hydrogen-bond donors (Lipinski definition) is 2. The molecule has 0 saturated heterocycles. The molecule has 1 aromatic carbocycles. The number of carbonyl (C=O) groups excluding carboxylic acids is 1.